The second-order valence-corrected chi connectivity index (χ2v) is 6.21. The minimum Gasteiger partial charge on any atom is -0.457 e. The third-order valence-corrected chi connectivity index (χ3v) is 4.13. The lowest BCUT2D eigenvalue weighted by Gasteiger charge is -2.11. The van der Waals surface area contributed by atoms with Crippen molar-refractivity contribution in [2.75, 3.05) is 5.32 Å². The number of benzene rings is 2. The van der Waals surface area contributed by atoms with Gasteiger partial charge in [0.05, 0.1) is 11.3 Å². The molecule has 0 saturated carbocycles. The van der Waals surface area contributed by atoms with Crippen molar-refractivity contribution >= 4 is 11.6 Å². The van der Waals surface area contributed by atoms with Crippen LogP contribution in [0.15, 0.2) is 60.7 Å². The van der Waals surface area contributed by atoms with Crippen molar-refractivity contribution in [3.05, 3.63) is 83.4 Å². The normalized spacial score (nSPS) is 10.5. The van der Waals surface area contributed by atoms with E-state index in [1.165, 1.54) is 12.1 Å². The molecule has 1 N–H and O–H groups in total. The van der Waals surface area contributed by atoms with Crippen LogP contribution in [-0.2, 0) is 6.42 Å². The molecule has 4 nitrogen and oxygen atoms in total. The van der Waals surface area contributed by atoms with Gasteiger partial charge in [-0.25, -0.2) is 4.98 Å². The lowest BCUT2D eigenvalue weighted by Crippen LogP contribution is -2.14. The van der Waals surface area contributed by atoms with Gasteiger partial charge in [-0.05, 0) is 61.4 Å². The summed E-state index contributed by atoms with van der Waals surface area (Å²) in [6.45, 7) is 3.73. The second-order valence-electron chi connectivity index (χ2n) is 6.21. The van der Waals surface area contributed by atoms with E-state index in [1.54, 1.807) is 31.2 Å². The summed E-state index contributed by atoms with van der Waals surface area (Å²) in [5.74, 6) is 0.594. The van der Waals surface area contributed by atoms with Gasteiger partial charge in [-0.15, -0.1) is 0 Å². The zero-order valence-electron chi connectivity index (χ0n) is 15.3. The molecule has 27 heavy (non-hydrogen) atoms. The third-order valence-electron chi connectivity index (χ3n) is 4.13. The molecule has 0 spiro atoms. The average molecular weight is 364 g/mol. The van der Waals surface area contributed by atoms with Gasteiger partial charge in [-0.1, -0.05) is 31.5 Å². The first-order valence-corrected chi connectivity index (χ1v) is 8.87. The molecule has 1 aromatic heterocycles. The molecule has 2 aromatic carbocycles. The SMILES string of the molecule is CCCc1ccccc1Oc1ccc(NC(=O)c2ccc(F)nc2C)cc1. The van der Waals surface area contributed by atoms with E-state index < -0.39 is 5.95 Å². The zero-order chi connectivity index (χ0) is 19.2. The first kappa shape index (κ1) is 18.6. The largest absolute Gasteiger partial charge is 0.457 e. The van der Waals surface area contributed by atoms with Crippen molar-refractivity contribution in [2.24, 2.45) is 0 Å². The number of para-hydroxylation sites is 1. The highest BCUT2D eigenvalue weighted by Gasteiger charge is 2.11. The maximum Gasteiger partial charge on any atom is 0.257 e. The number of hydrogen-bond acceptors (Lipinski definition) is 3. The Morgan fingerprint density at radius 1 is 1.07 bits per heavy atom. The van der Waals surface area contributed by atoms with Crippen molar-refractivity contribution in [2.45, 2.75) is 26.7 Å². The molecule has 0 radical (unpaired) electrons. The fourth-order valence-electron chi connectivity index (χ4n) is 2.78. The Kier molecular flexibility index (Phi) is 5.81. The predicted octanol–water partition coefficient (Wildman–Crippen LogP) is 5.53. The van der Waals surface area contributed by atoms with Gasteiger partial charge >= 0.3 is 0 Å². The van der Waals surface area contributed by atoms with Crippen LogP contribution in [0.3, 0.4) is 0 Å². The number of nitrogens with zero attached hydrogens (tertiary/aromatic N) is 1. The molecule has 0 aliphatic heterocycles. The molecular formula is C22H21FN2O2. The Morgan fingerprint density at radius 2 is 1.81 bits per heavy atom. The number of nitrogens with one attached hydrogen (secondary N) is 1. The number of carbonyl (C=O) groups excluding carboxylic acids is 1. The quantitative estimate of drug-likeness (QED) is 0.585. The van der Waals surface area contributed by atoms with E-state index in [9.17, 15) is 9.18 Å². The highest BCUT2D eigenvalue weighted by atomic mass is 19.1. The molecule has 3 rings (SSSR count). The van der Waals surface area contributed by atoms with Crippen LogP contribution in [0, 0.1) is 12.9 Å². The number of halogens is 1. The number of pyridine rings is 1. The van der Waals surface area contributed by atoms with Crippen LogP contribution < -0.4 is 10.1 Å². The fraction of sp³-hybridized carbons (Fsp3) is 0.182. The molecular weight excluding hydrogens is 343 g/mol. The van der Waals surface area contributed by atoms with Gasteiger partial charge in [-0.3, -0.25) is 4.79 Å². The Morgan fingerprint density at radius 3 is 2.52 bits per heavy atom. The van der Waals surface area contributed by atoms with E-state index >= 15 is 0 Å². The van der Waals surface area contributed by atoms with E-state index in [-0.39, 0.29) is 5.91 Å². The van der Waals surface area contributed by atoms with Crippen LogP contribution in [0.25, 0.3) is 0 Å². The lowest BCUT2D eigenvalue weighted by molar-refractivity contribution is 0.102. The summed E-state index contributed by atoms with van der Waals surface area (Å²) in [5.41, 5.74) is 2.47. The minimum absolute atomic E-state index is 0.332. The summed E-state index contributed by atoms with van der Waals surface area (Å²) >= 11 is 0. The molecule has 1 heterocycles. The summed E-state index contributed by atoms with van der Waals surface area (Å²) < 4.78 is 19.1. The van der Waals surface area contributed by atoms with Crippen LogP contribution >= 0.6 is 0 Å². The van der Waals surface area contributed by atoms with Crippen LogP contribution in [0.4, 0.5) is 10.1 Å². The number of anilines is 1. The van der Waals surface area contributed by atoms with Crippen molar-refractivity contribution < 1.29 is 13.9 Å². The van der Waals surface area contributed by atoms with Gasteiger partial charge in [0.1, 0.15) is 11.5 Å². The summed E-state index contributed by atoms with van der Waals surface area (Å²) in [5, 5.41) is 2.78. The summed E-state index contributed by atoms with van der Waals surface area (Å²) in [6.07, 6.45) is 2.00. The van der Waals surface area contributed by atoms with Crippen LogP contribution in [-0.4, -0.2) is 10.9 Å². The van der Waals surface area contributed by atoms with Gasteiger partial charge < -0.3 is 10.1 Å². The Labute approximate surface area is 158 Å². The zero-order valence-corrected chi connectivity index (χ0v) is 15.3. The third kappa shape index (κ3) is 4.70. The maximum absolute atomic E-state index is 13.1. The predicted molar refractivity (Wildman–Crippen MR) is 104 cm³/mol. The molecule has 1 amide bonds. The lowest BCUT2D eigenvalue weighted by atomic mass is 10.1. The highest BCUT2D eigenvalue weighted by molar-refractivity contribution is 6.04. The van der Waals surface area contributed by atoms with E-state index in [4.69, 9.17) is 4.74 Å². The number of rotatable bonds is 6. The van der Waals surface area contributed by atoms with E-state index in [2.05, 4.69) is 23.3 Å². The molecule has 0 aliphatic carbocycles. The molecule has 0 unspecified atom stereocenters. The first-order valence-electron chi connectivity index (χ1n) is 8.87. The average Bonchev–Trinajstić information content (AvgIpc) is 2.65. The second kappa shape index (κ2) is 8.45. The molecule has 3 aromatic rings. The van der Waals surface area contributed by atoms with Crippen molar-refractivity contribution in [1.29, 1.82) is 0 Å². The Balaban J connectivity index is 1.69. The molecule has 0 atom stereocenters. The van der Waals surface area contributed by atoms with Gasteiger partial charge in [0.2, 0.25) is 5.95 Å². The van der Waals surface area contributed by atoms with Gasteiger partial charge in [0.25, 0.3) is 5.91 Å². The number of carbonyl (C=O) groups is 1. The number of ether oxygens (including phenoxy) is 1. The number of aromatic nitrogens is 1. The Hall–Kier alpha value is -3.21. The Bertz CT molecular complexity index is 939. The summed E-state index contributed by atoms with van der Waals surface area (Å²) in [6, 6.07) is 17.7. The van der Waals surface area contributed by atoms with Crippen molar-refractivity contribution in [1.82, 2.24) is 4.98 Å². The van der Waals surface area contributed by atoms with E-state index in [0.29, 0.717) is 22.7 Å². The van der Waals surface area contributed by atoms with Gasteiger partial charge in [0, 0.05) is 5.69 Å². The van der Waals surface area contributed by atoms with Crippen molar-refractivity contribution in [3.63, 3.8) is 0 Å². The van der Waals surface area contributed by atoms with E-state index in [0.717, 1.165) is 24.2 Å². The molecule has 0 fully saturated rings. The van der Waals surface area contributed by atoms with Gasteiger partial charge in [-0.2, -0.15) is 4.39 Å². The molecule has 0 bridgehead atoms. The van der Waals surface area contributed by atoms with Crippen LogP contribution in [0.1, 0.15) is 35.0 Å². The number of hydrogen-bond donors (Lipinski definition) is 1. The van der Waals surface area contributed by atoms with E-state index in [1.807, 2.05) is 18.2 Å². The van der Waals surface area contributed by atoms with Crippen LogP contribution in [0.5, 0.6) is 11.5 Å². The molecule has 5 heteroatoms. The fourth-order valence-corrected chi connectivity index (χ4v) is 2.78. The van der Waals surface area contributed by atoms with Gasteiger partial charge in [0.15, 0.2) is 0 Å². The molecule has 0 aliphatic rings. The standard InChI is InChI=1S/C22H21FN2O2/c1-3-6-16-7-4-5-8-20(16)27-18-11-9-17(10-12-18)25-22(26)19-13-14-21(23)24-15(19)2/h4-5,7-14H,3,6H2,1-2H3,(H,25,26). The number of amides is 1. The highest BCUT2D eigenvalue weighted by Crippen LogP contribution is 2.27. The summed E-state index contributed by atoms with van der Waals surface area (Å²) in [7, 11) is 0. The van der Waals surface area contributed by atoms with Crippen LogP contribution in [0.2, 0.25) is 0 Å². The minimum atomic E-state index is -0.603. The number of aryl methyl sites for hydroxylation is 2. The topological polar surface area (TPSA) is 51.2 Å². The van der Waals surface area contributed by atoms with Crippen molar-refractivity contribution in [3.8, 4) is 11.5 Å². The molecule has 138 valence electrons. The summed E-state index contributed by atoms with van der Waals surface area (Å²) in [4.78, 5) is 16.0. The molecule has 0 saturated heterocycles. The maximum atomic E-state index is 13.1. The smallest absolute Gasteiger partial charge is 0.257 e. The monoisotopic (exact) mass is 364 g/mol. The first-order chi connectivity index (χ1) is 13.1.